The summed E-state index contributed by atoms with van der Waals surface area (Å²) in [4.78, 5) is 11.9. The van der Waals surface area contributed by atoms with E-state index in [1.165, 1.54) is 6.92 Å². The SMILES string of the molecule is C=C(C)C(=O)OC1CC2CC1C(C(C)(C)OC1(C)COC(C)(O)C1(F)F)C2. The first-order chi connectivity index (χ1) is 12.2. The lowest BCUT2D eigenvalue weighted by Gasteiger charge is -2.45. The lowest BCUT2D eigenvalue weighted by atomic mass is 9.76. The summed E-state index contributed by atoms with van der Waals surface area (Å²) in [6.45, 7) is 10.7. The van der Waals surface area contributed by atoms with Gasteiger partial charge in [-0.25, -0.2) is 4.79 Å². The van der Waals surface area contributed by atoms with Crippen LogP contribution >= 0.6 is 0 Å². The second kappa shape index (κ2) is 6.22. The number of ether oxygens (including phenoxy) is 3. The van der Waals surface area contributed by atoms with Crippen LogP contribution in [-0.4, -0.2) is 46.7 Å². The fraction of sp³-hybridized carbons (Fsp3) is 0.850. The van der Waals surface area contributed by atoms with Crippen LogP contribution < -0.4 is 0 Å². The molecule has 1 aliphatic heterocycles. The van der Waals surface area contributed by atoms with Crippen LogP contribution in [0.4, 0.5) is 8.78 Å². The van der Waals surface area contributed by atoms with Crippen molar-refractivity contribution in [2.45, 2.75) is 82.9 Å². The molecule has 6 atom stereocenters. The predicted octanol–water partition coefficient (Wildman–Crippen LogP) is 3.45. The molecule has 3 fully saturated rings. The number of halogens is 2. The van der Waals surface area contributed by atoms with Crippen LogP contribution in [0.2, 0.25) is 0 Å². The van der Waals surface area contributed by atoms with Crippen molar-refractivity contribution in [3.63, 3.8) is 0 Å². The van der Waals surface area contributed by atoms with Gasteiger partial charge in [0.15, 0.2) is 5.60 Å². The van der Waals surface area contributed by atoms with Crippen molar-refractivity contribution in [2.75, 3.05) is 6.61 Å². The van der Waals surface area contributed by atoms with Crippen molar-refractivity contribution in [1.29, 1.82) is 0 Å². The number of rotatable bonds is 5. The van der Waals surface area contributed by atoms with Gasteiger partial charge >= 0.3 is 11.9 Å². The van der Waals surface area contributed by atoms with E-state index >= 15 is 0 Å². The van der Waals surface area contributed by atoms with Crippen LogP contribution in [0.1, 0.15) is 53.9 Å². The van der Waals surface area contributed by atoms with Crippen LogP contribution in [-0.2, 0) is 19.0 Å². The minimum Gasteiger partial charge on any atom is -0.459 e. The summed E-state index contributed by atoms with van der Waals surface area (Å²) in [6, 6.07) is 0. The van der Waals surface area contributed by atoms with Crippen LogP contribution in [0.5, 0.6) is 0 Å². The van der Waals surface area contributed by atoms with E-state index in [9.17, 15) is 18.7 Å². The number of carbonyl (C=O) groups excluding carboxylic acids is 1. The number of aliphatic hydroxyl groups is 1. The number of esters is 1. The Bertz CT molecular complexity index is 644. The maximum absolute atomic E-state index is 14.7. The number of alkyl halides is 2. The van der Waals surface area contributed by atoms with Crippen LogP contribution in [0.15, 0.2) is 12.2 Å². The van der Waals surface area contributed by atoms with Gasteiger partial charge in [0.05, 0.1) is 12.2 Å². The zero-order valence-electron chi connectivity index (χ0n) is 16.7. The van der Waals surface area contributed by atoms with Gasteiger partial charge in [0.25, 0.3) is 0 Å². The van der Waals surface area contributed by atoms with Crippen molar-refractivity contribution >= 4 is 5.97 Å². The summed E-state index contributed by atoms with van der Waals surface area (Å²) in [6.07, 6.45) is 2.30. The molecule has 27 heavy (non-hydrogen) atoms. The van der Waals surface area contributed by atoms with E-state index in [-0.39, 0.29) is 17.9 Å². The molecule has 5 nitrogen and oxygen atoms in total. The molecule has 2 bridgehead atoms. The Morgan fingerprint density at radius 2 is 1.89 bits per heavy atom. The van der Waals surface area contributed by atoms with Crippen molar-refractivity contribution in [3.05, 3.63) is 12.2 Å². The van der Waals surface area contributed by atoms with E-state index in [0.29, 0.717) is 11.5 Å². The minimum absolute atomic E-state index is 0.0302. The van der Waals surface area contributed by atoms with Gasteiger partial charge in [0.1, 0.15) is 6.10 Å². The van der Waals surface area contributed by atoms with Crippen molar-refractivity contribution in [3.8, 4) is 0 Å². The smallest absolute Gasteiger partial charge is 0.333 e. The van der Waals surface area contributed by atoms with E-state index in [1.807, 2.05) is 0 Å². The molecule has 154 valence electrons. The molecule has 6 unspecified atom stereocenters. The highest BCUT2D eigenvalue weighted by Crippen LogP contribution is 2.56. The average molecular weight is 388 g/mol. The standard InChI is InChI=1S/C20H30F2O5/c1-11(2)16(23)26-15-9-12-7-13(15)14(8-12)17(3,4)27-18(5)10-25-19(6,24)20(18,21)22/h12-15,24H,1,7-10H2,2-6H3. The maximum Gasteiger partial charge on any atom is 0.333 e. The van der Waals surface area contributed by atoms with Crippen molar-refractivity contribution in [1.82, 2.24) is 0 Å². The molecule has 1 saturated heterocycles. The van der Waals surface area contributed by atoms with Crippen molar-refractivity contribution in [2.24, 2.45) is 17.8 Å². The van der Waals surface area contributed by atoms with Gasteiger partial charge in [-0.05, 0) is 65.7 Å². The van der Waals surface area contributed by atoms with E-state index in [2.05, 4.69) is 6.58 Å². The zero-order chi connectivity index (χ0) is 20.4. The largest absolute Gasteiger partial charge is 0.459 e. The lowest BCUT2D eigenvalue weighted by molar-refractivity contribution is -0.302. The molecule has 1 N–H and O–H groups in total. The molecule has 0 radical (unpaired) electrons. The number of hydrogen-bond acceptors (Lipinski definition) is 5. The molecule has 3 rings (SSSR count). The monoisotopic (exact) mass is 388 g/mol. The Labute approximate surface area is 159 Å². The van der Waals surface area contributed by atoms with Gasteiger partial charge < -0.3 is 19.3 Å². The summed E-state index contributed by atoms with van der Waals surface area (Å²) in [7, 11) is 0. The van der Waals surface area contributed by atoms with Crippen molar-refractivity contribution < 1.29 is 32.9 Å². The number of hydrogen-bond donors (Lipinski definition) is 1. The normalized spacial score (nSPS) is 43.1. The summed E-state index contributed by atoms with van der Waals surface area (Å²) >= 11 is 0. The van der Waals surface area contributed by atoms with Gasteiger partial charge in [0.2, 0.25) is 5.79 Å². The first-order valence-electron chi connectivity index (χ1n) is 9.51. The number of fused-ring (bicyclic) bond motifs is 2. The topological polar surface area (TPSA) is 65.0 Å². The molecule has 0 aromatic carbocycles. The molecule has 0 spiro atoms. The molecular weight excluding hydrogens is 358 g/mol. The zero-order valence-corrected chi connectivity index (χ0v) is 16.7. The molecule has 2 saturated carbocycles. The van der Waals surface area contributed by atoms with Gasteiger partial charge in [-0.15, -0.1) is 0 Å². The number of carbonyl (C=O) groups is 1. The summed E-state index contributed by atoms with van der Waals surface area (Å²) in [5.74, 6) is -6.11. The molecule has 0 aromatic heterocycles. The fourth-order valence-corrected chi connectivity index (χ4v) is 5.16. The molecule has 7 heteroatoms. The third kappa shape index (κ3) is 3.21. The molecule has 1 heterocycles. The minimum atomic E-state index is -3.55. The Morgan fingerprint density at radius 3 is 2.37 bits per heavy atom. The van der Waals surface area contributed by atoms with Crippen LogP contribution in [0.3, 0.4) is 0 Å². The highest BCUT2D eigenvalue weighted by Gasteiger charge is 2.71. The molecule has 0 aromatic rings. The maximum atomic E-state index is 14.7. The highest BCUT2D eigenvalue weighted by atomic mass is 19.3. The van der Waals surface area contributed by atoms with E-state index < -0.39 is 35.5 Å². The van der Waals surface area contributed by atoms with Crippen LogP contribution in [0, 0.1) is 17.8 Å². The van der Waals surface area contributed by atoms with Gasteiger partial charge in [0, 0.05) is 11.5 Å². The van der Waals surface area contributed by atoms with Crippen LogP contribution in [0.25, 0.3) is 0 Å². The Balaban J connectivity index is 1.76. The Kier molecular flexibility index (Phi) is 4.77. The molecule has 0 amide bonds. The van der Waals surface area contributed by atoms with E-state index in [4.69, 9.17) is 14.2 Å². The quantitative estimate of drug-likeness (QED) is 0.577. The first kappa shape index (κ1) is 20.7. The third-order valence-electron chi connectivity index (χ3n) is 6.62. The summed E-state index contributed by atoms with van der Waals surface area (Å²) in [5, 5.41) is 9.90. The average Bonchev–Trinajstić information content (AvgIpc) is 3.16. The molecule has 3 aliphatic rings. The molecular formula is C20H30F2O5. The Morgan fingerprint density at radius 1 is 1.26 bits per heavy atom. The van der Waals surface area contributed by atoms with E-state index in [0.717, 1.165) is 26.2 Å². The summed E-state index contributed by atoms with van der Waals surface area (Å²) < 4.78 is 46.0. The van der Waals surface area contributed by atoms with Gasteiger partial charge in [-0.1, -0.05) is 6.58 Å². The fourth-order valence-electron chi connectivity index (χ4n) is 5.16. The third-order valence-corrected chi connectivity index (χ3v) is 6.62. The summed E-state index contributed by atoms with van der Waals surface area (Å²) in [5.41, 5.74) is -2.48. The predicted molar refractivity (Wildman–Crippen MR) is 94.1 cm³/mol. The van der Waals surface area contributed by atoms with E-state index in [1.54, 1.807) is 20.8 Å². The Hall–Kier alpha value is -1.05. The molecule has 2 aliphatic carbocycles. The lowest BCUT2D eigenvalue weighted by Crippen LogP contribution is -2.59. The highest BCUT2D eigenvalue weighted by molar-refractivity contribution is 5.87. The first-order valence-corrected chi connectivity index (χ1v) is 9.51. The van der Waals surface area contributed by atoms with Gasteiger partial charge in [-0.3, -0.25) is 0 Å². The second-order valence-electron chi connectivity index (χ2n) is 9.35. The van der Waals surface area contributed by atoms with Gasteiger partial charge in [-0.2, -0.15) is 8.78 Å². The second-order valence-corrected chi connectivity index (χ2v) is 9.35.